The van der Waals surface area contributed by atoms with Crippen molar-refractivity contribution in [2.75, 3.05) is 12.3 Å². The number of aliphatic hydroxyl groups excluding tert-OH is 2. The Morgan fingerprint density at radius 1 is 1.21 bits per heavy atom. The molecule has 6 N–H and O–H groups in total. The molecule has 4 unspecified atom stereocenters. The van der Waals surface area contributed by atoms with Gasteiger partial charge >= 0.3 is 0 Å². The number of hydrogen-bond donors (Lipinski definition) is 5. The summed E-state index contributed by atoms with van der Waals surface area (Å²) in [6.45, 7) is 8.83. The van der Waals surface area contributed by atoms with Crippen molar-refractivity contribution in [1.82, 2.24) is 34.8 Å². The number of nitrogens with zero attached hydrogens (tertiary/aromatic N) is 5. The molecule has 1 aromatic carbocycles. The molecule has 6 rings (SSSR count). The molecule has 39 heavy (non-hydrogen) atoms. The Morgan fingerprint density at radius 3 is 2.77 bits per heavy atom. The van der Waals surface area contributed by atoms with Crippen molar-refractivity contribution in [3.8, 4) is 0 Å². The van der Waals surface area contributed by atoms with Gasteiger partial charge in [0.1, 0.15) is 36.0 Å². The largest absolute Gasteiger partial charge is 0.387 e. The number of aromatic amines is 1. The van der Waals surface area contributed by atoms with Crippen molar-refractivity contribution in [2.45, 2.75) is 88.9 Å². The maximum atomic E-state index is 10.9. The zero-order valence-electron chi connectivity index (χ0n) is 22.9. The lowest BCUT2D eigenvalue weighted by Crippen LogP contribution is -2.47. The second-order valence-corrected chi connectivity index (χ2v) is 12.3. The van der Waals surface area contributed by atoms with E-state index < -0.39 is 24.0 Å². The summed E-state index contributed by atoms with van der Waals surface area (Å²) < 4.78 is 7.84. The number of fused-ring (bicyclic) bond motifs is 2. The number of aromatic nitrogens is 6. The Hall–Kier alpha value is -3.12. The summed E-state index contributed by atoms with van der Waals surface area (Å²) in [6.07, 6.45) is 4.23. The Kier molecular flexibility index (Phi) is 6.37. The number of aliphatic hydroxyl groups is 2. The zero-order valence-corrected chi connectivity index (χ0v) is 22.9. The van der Waals surface area contributed by atoms with Crippen LogP contribution in [0, 0.1) is 5.92 Å². The first-order valence-electron chi connectivity index (χ1n) is 13.7. The maximum Gasteiger partial charge on any atom is 0.173 e. The van der Waals surface area contributed by atoms with Gasteiger partial charge in [0.05, 0.1) is 17.4 Å². The van der Waals surface area contributed by atoms with E-state index in [0.29, 0.717) is 29.7 Å². The van der Waals surface area contributed by atoms with E-state index in [2.05, 4.69) is 64.2 Å². The van der Waals surface area contributed by atoms with E-state index in [1.54, 1.807) is 11.5 Å². The number of benzene rings is 1. The molecule has 2 fully saturated rings. The SMILES string of the molecule is CC(C)(C)c1ccc2nc(CCC3CC(NCC4OC(C)(n5cnc6c(N)ncnc65)C(O)C4O)C3)[nH]c2c1. The lowest BCUT2D eigenvalue weighted by molar-refractivity contribution is -0.125. The van der Waals surface area contributed by atoms with Gasteiger partial charge in [0.2, 0.25) is 0 Å². The van der Waals surface area contributed by atoms with Crippen LogP contribution in [0.15, 0.2) is 30.9 Å². The van der Waals surface area contributed by atoms with Crippen LogP contribution in [-0.4, -0.2) is 70.6 Å². The molecule has 0 radical (unpaired) electrons. The van der Waals surface area contributed by atoms with Crippen LogP contribution >= 0.6 is 0 Å². The van der Waals surface area contributed by atoms with Crippen LogP contribution in [0.4, 0.5) is 5.82 Å². The van der Waals surface area contributed by atoms with Gasteiger partial charge in [-0.05, 0) is 55.2 Å². The minimum absolute atomic E-state index is 0.112. The van der Waals surface area contributed by atoms with Crippen molar-refractivity contribution in [3.63, 3.8) is 0 Å². The highest BCUT2D eigenvalue weighted by molar-refractivity contribution is 5.81. The summed E-state index contributed by atoms with van der Waals surface area (Å²) in [7, 11) is 0. The fourth-order valence-corrected chi connectivity index (χ4v) is 5.91. The van der Waals surface area contributed by atoms with Crippen LogP contribution in [0.5, 0.6) is 0 Å². The smallest absolute Gasteiger partial charge is 0.173 e. The van der Waals surface area contributed by atoms with E-state index in [0.717, 1.165) is 42.5 Å². The first-order chi connectivity index (χ1) is 18.5. The monoisotopic (exact) mass is 534 g/mol. The quantitative estimate of drug-likeness (QED) is 0.240. The fraction of sp³-hybridized carbons (Fsp3) is 0.571. The van der Waals surface area contributed by atoms with Crippen molar-refractivity contribution < 1.29 is 14.9 Å². The topological polar surface area (TPSA) is 160 Å². The van der Waals surface area contributed by atoms with Crippen LogP contribution in [0.2, 0.25) is 0 Å². The number of nitrogens with two attached hydrogens (primary N) is 1. The molecule has 1 aliphatic carbocycles. The van der Waals surface area contributed by atoms with E-state index in [1.807, 2.05) is 0 Å². The van der Waals surface area contributed by atoms with Crippen molar-refractivity contribution >= 4 is 28.0 Å². The second-order valence-electron chi connectivity index (χ2n) is 12.3. The predicted octanol–water partition coefficient (Wildman–Crippen LogP) is 2.38. The third-order valence-electron chi connectivity index (χ3n) is 8.51. The molecular weight excluding hydrogens is 496 g/mol. The summed E-state index contributed by atoms with van der Waals surface area (Å²) in [5.74, 6) is 1.93. The highest BCUT2D eigenvalue weighted by atomic mass is 16.6. The standard InChI is InChI=1S/C28H38N8O3/c1-27(2,3)16-6-7-18-19(11-16)35-21(34-18)8-5-15-9-17(10-15)30-12-20-23(37)24(38)28(4,39-20)36-14-33-22-25(29)31-13-32-26(22)36/h6-7,11,13-15,17,20,23-24,30,37-38H,5,8-10,12H2,1-4H3,(H,34,35)(H2,29,31,32). The van der Waals surface area contributed by atoms with Crippen molar-refractivity contribution in [2.24, 2.45) is 5.92 Å². The molecule has 1 saturated carbocycles. The van der Waals surface area contributed by atoms with Gasteiger partial charge in [-0.3, -0.25) is 4.57 Å². The first-order valence-corrected chi connectivity index (χ1v) is 13.7. The third-order valence-corrected chi connectivity index (χ3v) is 8.51. The molecule has 0 amide bonds. The van der Waals surface area contributed by atoms with Crippen LogP contribution in [0.25, 0.3) is 22.2 Å². The first kappa shape index (κ1) is 26.1. The Morgan fingerprint density at radius 2 is 2.00 bits per heavy atom. The molecule has 4 aromatic rings. The molecule has 4 heterocycles. The number of anilines is 1. The normalized spacial score (nSPS) is 29.3. The lowest BCUT2D eigenvalue weighted by Gasteiger charge is -2.37. The summed E-state index contributed by atoms with van der Waals surface area (Å²) in [4.78, 5) is 20.8. The summed E-state index contributed by atoms with van der Waals surface area (Å²) in [5.41, 5.74) is 9.11. The van der Waals surface area contributed by atoms with Gasteiger partial charge in [-0.25, -0.2) is 19.9 Å². The average molecular weight is 535 g/mol. The Balaban J connectivity index is 1.01. The average Bonchev–Trinajstić information content (AvgIpc) is 3.54. The summed E-state index contributed by atoms with van der Waals surface area (Å²) in [6, 6.07) is 6.86. The molecule has 11 heteroatoms. The van der Waals surface area contributed by atoms with Gasteiger partial charge in [0.15, 0.2) is 17.2 Å². The van der Waals surface area contributed by atoms with Crippen LogP contribution in [0.1, 0.15) is 58.3 Å². The molecule has 3 aromatic heterocycles. The molecule has 0 spiro atoms. The van der Waals surface area contributed by atoms with Gasteiger partial charge in [0.25, 0.3) is 0 Å². The number of aryl methyl sites for hydroxylation is 1. The molecule has 208 valence electrons. The van der Waals surface area contributed by atoms with E-state index in [9.17, 15) is 10.2 Å². The molecule has 2 aliphatic rings. The van der Waals surface area contributed by atoms with E-state index in [4.69, 9.17) is 15.5 Å². The third kappa shape index (κ3) is 4.67. The number of nitrogens with one attached hydrogen (secondary N) is 2. The molecule has 11 nitrogen and oxygen atoms in total. The highest BCUT2D eigenvalue weighted by Crippen LogP contribution is 2.38. The van der Waals surface area contributed by atoms with Crippen LogP contribution in [0.3, 0.4) is 0 Å². The maximum absolute atomic E-state index is 10.9. The summed E-state index contributed by atoms with van der Waals surface area (Å²) >= 11 is 0. The molecule has 1 aliphatic heterocycles. The van der Waals surface area contributed by atoms with Gasteiger partial charge < -0.3 is 31.0 Å². The minimum Gasteiger partial charge on any atom is -0.387 e. The predicted molar refractivity (Wildman–Crippen MR) is 148 cm³/mol. The van der Waals surface area contributed by atoms with Gasteiger partial charge in [-0.2, -0.15) is 0 Å². The number of nitrogen functional groups attached to an aromatic ring is 1. The minimum atomic E-state index is -1.23. The lowest BCUT2D eigenvalue weighted by atomic mass is 9.77. The number of ether oxygens (including phenoxy) is 1. The van der Waals surface area contributed by atoms with Gasteiger partial charge in [-0.1, -0.05) is 26.8 Å². The number of imidazole rings is 2. The molecular formula is C28H38N8O3. The van der Waals surface area contributed by atoms with E-state index in [1.165, 1.54) is 18.2 Å². The van der Waals surface area contributed by atoms with E-state index in [-0.39, 0.29) is 11.2 Å². The highest BCUT2D eigenvalue weighted by Gasteiger charge is 2.53. The Bertz CT molecular complexity index is 1490. The number of rotatable bonds is 7. The zero-order chi connectivity index (χ0) is 27.5. The Labute approximate surface area is 227 Å². The van der Waals surface area contributed by atoms with Crippen LogP contribution in [-0.2, 0) is 22.3 Å². The van der Waals surface area contributed by atoms with E-state index >= 15 is 0 Å². The fourth-order valence-electron chi connectivity index (χ4n) is 5.91. The van der Waals surface area contributed by atoms with Crippen LogP contribution < -0.4 is 11.1 Å². The van der Waals surface area contributed by atoms with Crippen molar-refractivity contribution in [3.05, 3.63) is 42.2 Å². The molecule has 0 bridgehead atoms. The molecule has 4 atom stereocenters. The number of hydrogen-bond acceptors (Lipinski definition) is 9. The summed E-state index contributed by atoms with van der Waals surface area (Å²) in [5, 5.41) is 25.2. The number of H-pyrrole nitrogens is 1. The van der Waals surface area contributed by atoms with Crippen molar-refractivity contribution in [1.29, 1.82) is 0 Å². The van der Waals surface area contributed by atoms with Gasteiger partial charge in [0, 0.05) is 19.0 Å². The molecule has 1 saturated heterocycles. The second kappa shape index (κ2) is 9.51. The van der Waals surface area contributed by atoms with Gasteiger partial charge in [-0.15, -0.1) is 0 Å².